The minimum absolute atomic E-state index is 0.273. The zero-order valence-corrected chi connectivity index (χ0v) is 17.5. The van der Waals surface area contributed by atoms with Gasteiger partial charge in [0, 0.05) is 30.9 Å². The molecule has 1 aromatic heterocycles. The van der Waals surface area contributed by atoms with E-state index in [4.69, 9.17) is 0 Å². The third kappa shape index (κ3) is 9.41. The number of thiazole rings is 1. The molecule has 0 amide bonds. The summed E-state index contributed by atoms with van der Waals surface area (Å²) in [6.45, 7) is 12.8. The van der Waals surface area contributed by atoms with Gasteiger partial charge >= 0.3 is 6.18 Å². The molecule has 0 saturated heterocycles. The van der Waals surface area contributed by atoms with Crippen LogP contribution < -0.4 is 10.6 Å². The summed E-state index contributed by atoms with van der Waals surface area (Å²) in [5, 5.41) is 8.06. The van der Waals surface area contributed by atoms with Gasteiger partial charge < -0.3 is 15.5 Å². The van der Waals surface area contributed by atoms with Crippen LogP contribution in [0.4, 0.5) is 13.2 Å². The van der Waals surface area contributed by atoms with Crippen LogP contribution in [0.3, 0.4) is 0 Å². The van der Waals surface area contributed by atoms with Crippen LogP contribution in [-0.2, 0) is 12.6 Å². The first kappa shape index (κ1) is 23.7. The van der Waals surface area contributed by atoms with E-state index in [1.165, 1.54) is 0 Å². The lowest BCUT2D eigenvalue weighted by molar-refractivity contribution is -0.140. The predicted octanol–water partition coefficient (Wildman–Crippen LogP) is 3.77. The monoisotopic (exact) mass is 407 g/mol. The second-order valence-corrected chi connectivity index (χ2v) is 7.29. The molecular formula is C18H32F3N5S. The van der Waals surface area contributed by atoms with Gasteiger partial charge in [-0.2, -0.15) is 13.2 Å². The summed E-state index contributed by atoms with van der Waals surface area (Å²) < 4.78 is 37.8. The second-order valence-electron chi connectivity index (χ2n) is 6.35. The molecule has 5 nitrogen and oxygen atoms in total. The Morgan fingerprint density at radius 1 is 1.30 bits per heavy atom. The number of hydrogen-bond donors (Lipinski definition) is 2. The van der Waals surface area contributed by atoms with Gasteiger partial charge in [-0.15, -0.1) is 11.3 Å². The summed E-state index contributed by atoms with van der Waals surface area (Å²) in [7, 11) is 0. The Balaban J connectivity index is 2.46. The molecule has 156 valence electrons. The van der Waals surface area contributed by atoms with E-state index in [1.807, 2.05) is 6.92 Å². The van der Waals surface area contributed by atoms with E-state index >= 15 is 0 Å². The van der Waals surface area contributed by atoms with E-state index in [1.54, 1.807) is 0 Å². The summed E-state index contributed by atoms with van der Waals surface area (Å²) >= 11 is 1.03. The van der Waals surface area contributed by atoms with Crippen LogP contribution in [-0.4, -0.2) is 54.6 Å². The van der Waals surface area contributed by atoms with Crippen molar-refractivity contribution in [2.45, 2.75) is 59.2 Å². The molecule has 1 aromatic rings. The van der Waals surface area contributed by atoms with Gasteiger partial charge in [-0.25, -0.2) is 4.98 Å². The molecule has 1 heterocycles. The van der Waals surface area contributed by atoms with Crippen LogP contribution in [0.1, 0.15) is 51.2 Å². The highest BCUT2D eigenvalue weighted by Gasteiger charge is 2.33. The molecule has 1 unspecified atom stereocenters. The molecule has 0 spiro atoms. The zero-order chi connectivity index (χ0) is 20.3. The first-order valence-corrected chi connectivity index (χ1v) is 10.5. The molecule has 0 aliphatic carbocycles. The first-order valence-electron chi connectivity index (χ1n) is 9.58. The minimum Gasteiger partial charge on any atom is -0.357 e. The SMILES string of the molecule is CCNC(=NCCc1nc(C(F)(F)F)cs1)NC(C)CCCN(CC)CC. The van der Waals surface area contributed by atoms with Crippen LogP contribution in [0.25, 0.3) is 0 Å². The number of halogens is 3. The number of guanidine groups is 1. The van der Waals surface area contributed by atoms with Crippen LogP contribution in [0.2, 0.25) is 0 Å². The van der Waals surface area contributed by atoms with E-state index in [9.17, 15) is 13.2 Å². The molecule has 27 heavy (non-hydrogen) atoms. The minimum atomic E-state index is -4.38. The fraction of sp³-hybridized carbons (Fsp3) is 0.778. The van der Waals surface area contributed by atoms with Gasteiger partial charge in [0.2, 0.25) is 0 Å². The number of rotatable bonds is 11. The molecule has 0 radical (unpaired) electrons. The van der Waals surface area contributed by atoms with Gasteiger partial charge in [0.15, 0.2) is 11.7 Å². The highest BCUT2D eigenvalue weighted by Crippen LogP contribution is 2.30. The lowest BCUT2D eigenvalue weighted by Crippen LogP contribution is -2.42. The van der Waals surface area contributed by atoms with Gasteiger partial charge in [0.1, 0.15) is 0 Å². The van der Waals surface area contributed by atoms with Crippen LogP contribution in [0.5, 0.6) is 0 Å². The average Bonchev–Trinajstić information content (AvgIpc) is 3.08. The Morgan fingerprint density at radius 2 is 2.00 bits per heavy atom. The van der Waals surface area contributed by atoms with Crippen molar-refractivity contribution < 1.29 is 13.2 Å². The van der Waals surface area contributed by atoms with E-state index in [0.29, 0.717) is 23.9 Å². The van der Waals surface area contributed by atoms with E-state index in [2.05, 4.69) is 46.3 Å². The molecule has 0 aliphatic rings. The van der Waals surface area contributed by atoms with Crippen LogP contribution in [0.15, 0.2) is 10.4 Å². The lowest BCUT2D eigenvalue weighted by atomic mass is 10.2. The highest BCUT2D eigenvalue weighted by atomic mass is 32.1. The topological polar surface area (TPSA) is 52.6 Å². The molecule has 0 aromatic carbocycles. The molecule has 0 fully saturated rings. The van der Waals surface area contributed by atoms with Gasteiger partial charge in [-0.1, -0.05) is 13.8 Å². The Labute approximate surface area is 164 Å². The van der Waals surface area contributed by atoms with Crippen molar-refractivity contribution in [3.63, 3.8) is 0 Å². The largest absolute Gasteiger partial charge is 0.434 e. The van der Waals surface area contributed by atoms with E-state index < -0.39 is 11.9 Å². The summed E-state index contributed by atoms with van der Waals surface area (Å²) in [6.07, 6.45) is -1.85. The average molecular weight is 408 g/mol. The van der Waals surface area contributed by atoms with Gasteiger partial charge in [-0.3, -0.25) is 4.99 Å². The van der Waals surface area contributed by atoms with Crippen LogP contribution >= 0.6 is 11.3 Å². The standard InChI is InChI=1S/C18H32F3N5S/c1-5-22-17(24-14(4)9-8-12-26(6-2)7-3)23-11-10-16-25-15(13-27-16)18(19,20)21/h13-14H,5-12H2,1-4H3,(H2,22,23,24). The maximum Gasteiger partial charge on any atom is 0.434 e. The van der Waals surface area contributed by atoms with Crippen molar-refractivity contribution in [3.8, 4) is 0 Å². The predicted molar refractivity (Wildman–Crippen MR) is 106 cm³/mol. The Bertz CT molecular complexity index is 555. The lowest BCUT2D eigenvalue weighted by Gasteiger charge is -2.21. The normalized spacial score (nSPS) is 13.9. The highest BCUT2D eigenvalue weighted by molar-refractivity contribution is 7.09. The van der Waals surface area contributed by atoms with Gasteiger partial charge in [0.05, 0.1) is 5.01 Å². The van der Waals surface area contributed by atoms with Gasteiger partial charge in [-0.05, 0) is 46.3 Å². The Hall–Kier alpha value is -1.35. The fourth-order valence-electron chi connectivity index (χ4n) is 2.61. The van der Waals surface area contributed by atoms with E-state index in [0.717, 1.165) is 55.7 Å². The number of aromatic nitrogens is 1. The number of aliphatic imine (C=N–C) groups is 1. The Morgan fingerprint density at radius 3 is 2.56 bits per heavy atom. The molecule has 9 heteroatoms. The number of nitrogens with zero attached hydrogens (tertiary/aromatic N) is 3. The summed E-state index contributed by atoms with van der Waals surface area (Å²) in [5.41, 5.74) is -0.821. The smallest absolute Gasteiger partial charge is 0.357 e. The summed E-state index contributed by atoms with van der Waals surface area (Å²) in [5.74, 6) is 0.695. The molecule has 1 atom stereocenters. The molecular weight excluding hydrogens is 375 g/mol. The van der Waals surface area contributed by atoms with Gasteiger partial charge in [0.25, 0.3) is 0 Å². The van der Waals surface area contributed by atoms with Crippen molar-refractivity contribution >= 4 is 17.3 Å². The quantitative estimate of drug-likeness (QED) is 0.433. The molecule has 2 N–H and O–H groups in total. The number of hydrogen-bond acceptors (Lipinski definition) is 4. The van der Waals surface area contributed by atoms with E-state index in [-0.39, 0.29) is 6.04 Å². The molecule has 0 bridgehead atoms. The summed E-state index contributed by atoms with van der Waals surface area (Å²) in [4.78, 5) is 10.5. The fourth-order valence-corrected chi connectivity index (χ4v) is 3.40. The van der Waals surface area contributed by atoms with Crippen molar-refractivity contribution in [2.75, 3.05) is 32.7 Å². The zero-order valence-electron chi connectivity index (χ0n) is 16.7. The van der Waals surface area contributed by atoms with Crippen LogP contribution in [0, 0.1) is 0 Å². The van der Waals surface area contributed by atoms with Crippen molar-refractivity contribution in [1.29, 1.82) is 0 Å². The molecule has 0 aliphatic heterocycles. The van der Waals surface area contributed by atoms with Crippen molar-refractivity contribution in [1.82, 2.24) is 20.5 Å². The maximum atomic E-state index is 12.6. The summed E-state index contributed by atoms with van der Waals surface area (Å²) in [6, 6.07) is 0.273. The number of alkyl halides is 3. The third-order valence-corrected chi connectivity index (χ3v) is 5.08. The second kappa shape index (κ2) is 12.2. The first-order chi connectivity index (χ1) is 12.8. The number of nitrogens with one attached hydrogen (secondary N) is 2. The maximum absolute atomic E-state index is 12.6. The molecule has 1 rings (SSSR count). The van der Waals surface area contributed by atoms with Crippen molar-refractivity contribution in [3.05, 3.63) is 16.1 Å². The third-order valence-electron chi connectivity index (χ3n) is 4.17. The molecule has 0 saturated carbocycles. The Kier molecular flexibility index (Phi) is 10.7. The van der Waals surface area contributed by atoms with Crippen molar-refractivity contribution in [2.24, 2.45) is 4.99 Å².